The summed E-state index contributed by atoms with van der Waals surface area (Å²) in [4.78, 5) is 12.2. The monoisotopic (exact) mass is 431 g/mol. The second-order valence-corrected chi connectivity index (χ2v) is 10.9. The van der Waals surface area contributed by atoms with E-state index in [2.05, 4.69) is 10.6 Å². The zero-order chi connectivity index (χ0) is 19.1. The third-order valence-electron chi connectivity index (χ3n) is 6.57. The molecule has 3 aliphatic rings. The molecule has 1 atom stereocenters. The Morgan fingerprint density at radius 2 is 1.38 bits per heavy atom. The van der Waals surface area contributed by atoms with Crippen LogP contribution < -0.4 is 10.6 Å². The molecule has 0 aromatic rings. The van der Waals surface area contributed by atoms with Crippen LogP contribution in [-0.4, -0.2) is 49.7 Å². The van der Waals surface area contributed by atoms with Gasteiger partial charge in [-0.15, -0.1) is 0 Å². The number of amides is 2. The number of sulfonamides is 1. The Bertz CT molecular complexity index is 568. The molecule has 7 heteroatoms. The second kappa shape index (κ2) is 12.8. The van der Waals surface area contributed by atoms with Gasteiger partial charge in [0.2, 0.25) is 10.0 Å². The molecule has 0 aromatic carbocycles. The summed E-state index contributed by atoms with van der Waals surface area (Å²) in [6.07, 6.45) is 14.1. The lowest BCUT2D eigenvalue weighted by atomic mass is 9.97. The normalized spacial score (nSPS) is 25.2. The molecule has 3 fully saturated rings. The van der Waals surface area contributed by atoms with Crippen LogP contribution in [0.3, 0.4) is 0 Å². The number of rotatable bonds is 5. The third kappa shape index (κ3) is 7.74. The van der Waals surface area contributed by atoms with E-state index in [0.29, 0.717) is 19.6 Å². The van der Waals surface area contributed by atoms with Crippen LogP contribution in [0.2, 0.25) is 0 Å². The number of hydrogen-bond donors (Lipinski definition) is 2. The predicted octanol–water partition coefficient (Wildman–Crippen LogP) is 4.66. The largest absolute Gasteiger partial charge is 0.338 e. The topological polar surface area (TPSA) is 78.5 Å². The summed E-state index contributed by atoms with van der Waals surface area (Å²) in [5.74, 6) is 0.228. The van der Waals surface area contributed by atoms with Gasteiger partial charge >= 0.3 is 6.03 Å². The highest BCUT2D eigenvalue weighted by atomic mass is 32.2. The van der Waals surface area contributed by atoms with Crippen LogP contribution in [0.5, 0.6) is 0 Å². The van der Waals surface area contributed by atoms with E-state index in [-0.39, 0.29) is 38.1 Å². The Morgan fingerprint density at radius 3 is 2.03 bits per heavy atom. The number of hydrogen-bond acceptors (Lipinski definition) is 3. The van der Waals surface area contributed by atoms with E-state index in [1.54, 1.807) is 4.31 Å². The predicted molar refractivity (Wildman–Crippen MR) is 122 cm³/mol. The molecule has 2 amide bonds. The van der Waals surface area contributed by atoms with Crippen molar-refractivity contribution in [1.82, 2.24) is 14.9 Å². The smallest absolute Gasteiger partial charge is 0.315 e. The van der Waals surface area contributed by atoms with Gasteiger partial charge in [-0.25, -0.2) is 17.5 Å². The van der Waals surface area contributed by atoms with E-state index in [0.717, 1.165) is 51.4 Å². The molecule has 2 saturated carbocycles. The molecule has 1 heterocycles. The fraction of sp³-hybridized carbons (Fsp3) is 0.955. The first-order chi connectivity index (χ1) is 13.1. The minimum Gasteiger partial charge on any atom is -0.338 e. The van der Waals surface area contributed by atoms with Crippen LogP contribution in [0, 0.1) is 5.92 Å². The lowest BCUT2D eigenvalue weighted by Gasteiger charge is -2.27. The zero-order valence-corrected chi connectivity index (χ0v) is 17.4. The lowest BCUT2D eigenvalue weighted by Crippen LogP contribution is -2.44. The van der Waals surface area contributed by atoms with E-state index in [4.69, 9.17) is 0 Å². The fourth-order valence-electron chi connectivity index (χ4n) is 4.84. The van der Waals surface area contributed by atoms with Crippen LogP contribution in [-0.2, 0) is 10.0 Å². The molecule has 29 heavy (non-hydrogen) atoms. The highest BCUT2D eigenvalue weighted by Crippen LogP contribution is 2.29. The van der Waals surface area contributed by atoms with Crippen molar-refractivity contribution in [3.05, 3.63) is 0 Å². The fourth-order valence-corrected chi connectivity index (χ4v) is 6.97. The summed E-state index contributed by atoms with van der Waals surface area (Å²) in [7, 11) is -3.16. The summed E-state index contributed by atoms with van der Waals surface area (Å²) in [6, 6.07) is 0.200. The molecule has 172 valence electrons. The molecule has 6 nitrogen and oxygen atoms in total. The van der Waals surface area contributed by atoms with Crippen molar-refractivity contribution in [3.63, 3.8) is 0 Å². The van der Waals surface area contributed by atoms with Gasteiger partial charge in [0, 0.05) is 25.7 Å². The summed E-state index contributed by atoms with van der Waals surface area (Å²) >= 11 is 0. The van der Waals surface area contributed by atoms with Gasteiger partial charge in [-0.05, 0) is 38.0 Å². The maximum atomic E-state index is 12.8. The van der Waals surface area contributed by atoms with Crippen molar-refractivity contribution in [2.24, 2.45) is 5.92 Å². The van der Waals surface area contributed by atoms with Gasteiger partial charge in [0.05, 0.1) is 5.25 Å². The van der Waals surface area contributed by atoms with Crippen molar-refractivity contribution < 1.29 is 13.2 Å². The van der Waals surface area contributed by atoms with Crippen LogP contribution >= 0.6 is 0 Å². The van der Waals surface area contributed by atoms with E-state index < -0.39 is 10.0 Å². The molecule has 0 aromatic heterocycles. The number of carbonyl (C=O) groups excluding carboxylic acids is 1. The van der Waals surface area contributed by atoms with Gasteiger partial charge in [-0.1, -0.05) is 66.2 Å². The number of urea groups is 1. The van der Waals surface area contributed by atoms with Gasteiger partial charge < -0.3 is 10.6 Å². The average molecular weight is 432 g/mol. The molecule has 0 radical (unpaired) electrons. The standard InChI is InChI=1S/C20H37N3O3S.2CH4/c24-20(22-18-9-5-2-1-3-6-10-18)21-15-17-13-14-23(16-17)27(25,26)19-11-7-4-8-12-19;;/h17-19H,1-16H2,(H2,21,22,24);2*1H4. The van der Waals surface area contributed by atoms with E-state index in [9.17, 15) is 13.2 Å². The van der Waals surface area contributed by atoms with Crippen LogP contribution in [0.4, 0.5) is 4.79 Å². The molecule has 3 rings (SSSR count). The maximum Gasteiger partial charge on any atom is 0.315 e. The number of carbonyl (C=O) groups is 1. The summed E-state index contributed by atoms with van der Waals surface area (Å²) in [5, 5.41) is 5.93. The second-order valence-electron chi connectivity index (χ2n) is 8.71. The first kappa shape index (κ1) is 26.2. The highest BCUT2D eigenvalue weighted by molar-refractivity contribution is 7.89. The minimum absolute atomic E-state index is 0. The van der Waals surface area contributed by atoms with Crippen LogP contribution in [0.1, 0.15) is 98.3 Å². The molecular formula is C22H45N3O3S. The van der Waals surface area contributed by atoms with E-state index in [1.165, 1.54) is 32.1 Å². The van der Waals surface area contributed by atoms with E-state index >= 15 is 0 Å². The number of nitrogens with one attached hydrogen (secondary N) is 2. The minimum atomic E-state index is -3.16. The Kier molecular flexibility index (Phi) is 11.6. The molecule has 2 N–H and O–H groups in total. The third-order valence-corrected chi connectivity index (χ3v) is 8.94. The van der Waals surface area contributed by atoms with Crippen molar-refractivity contribution in [2.75, 3.05) is 19.6 Å². The quantitative estimate of drug-likeness (QED) is 0.665. The Morgan fingerprint density at radius 1 is 0.828 bits per heavy atom. The van der Waals surface area contributed by atoms with Gasteiger partial charge in [0.25, 0.3) is 0 Å². The summed E-state index contributed by atoms with van der Waals surface area (Å²) in [6.45, 7) is 1.73. The summed E-state index contributed by atoms with van der Waals surface area (Å²) in [5.41, 5.74) is 0. The SMILES string of the molecule is C.C.O=C(NCC1CCN(S(=O)(=O)C2CCCCC2)C1)NC1CCCCCCC1. The van der Waals surface area contributed by atoms with Gasteiger partial charge in [-0.3, -0.25) is 0 Å². The Balaban J connectivity index is 0.00000210. The molecular weight excluding hydrogens is 386 g/mol. The molecule has 0 spiro atoms. The molecule has 1 aliphatic heterocycles. The summed E-state index contributed by atoms with van der Waals surface area (Å²) < 4.78 is 27.3. The van der Waals surface area contributed by atoms with Crippen molar-refractivity contribution in [1.29, 1.82) is 0 Å². The van der Waals surface area contributed by atoms with Gasteiger partial charge in [0.1, 0.15) is 0 Å². The van der Waals surface area contributed by atoms with Crippen LogP contribution in [0.15, 0.2) is 0 Å². The van der Waals surface area contributed by atoms with E-state index in [1.807, 2.05) is 0 Å². The lowest BCUT2D eigenvalue weighted by molar-refractivity contribution is 0.232. The molecule has 1 saturated heterocycles. The Hall–Kier alpha value is -0.820. The van der Waals surface area contributed by atoms with Crippen molar-refractivity contribution in [3.8, 4) is 0 Å². The average Bonchev–Trinajstić information content (AvgIpc) is 3.13. The molecule has 0 bridgehead atoms. The molecule has 2 aliphatic carbocycles. The number of nitrogens with zero attached hydrogens (tertiary/aromatic N) is 1. The Labute approximate surface area is 179 Å². The van der Waals surface area contributed by atoms with Crippen LogP contribution in [0.25, 0.3) is 0 Å². The highest BCUT2D eigenvalue weighted by Gasteiger charge is 2.37. The maximum absolute atomic E-state index is 12.8. The van der Waals surface area contributed by atoms with Gasteiger partial charge in [0.15, 0.2) is 0 Å². The van der Waals surface area contributed by atoms with Gasteiger partial charge in [-0.2, -0.15) is 0 Å². The molecule has 1 unspecified atom stereocenters. The first-order valence-electron chi connectivity index (χ1n) is 11.1. The first-order valence-corrected chi connectivity index (χ1v) is 12.6. The zero-order valence-electron chi connectivity index (χ0n) is 16.6. The van der Waals surface area contributed by atoms with Crippen molar-refractivity contribution >= 4 is 16.1 Å². The van der Waals surface area contributed by atoms with Crippen molar-refractivity contribution in [2.45, 2.75) is 110 Å².